The number of nitrogens with zero attached hydrogens (tertiary/aromatic N) is 4. The molecule has 104 valence electrons. The number of anilines is 1. The van der Waals surface area contributed by atoms with Crippen molar-refractivity contribution in [2.45, 2.75) is 12.8 Å². The molecule has 3 heterocycles. The van der Waals surface area contributed by atoms with Crippen LogP contribution in [0.15, 0.2) is 36.5 Å². The van der Waals surface area contributed by atoms with Crippen molar-refractivity contribution in [2.75, 3.05) is 24.5 Å². The van der Waals surface area contributed by atoms with Crippen LogP contribution in [0.25, 0.3) is 11.4 Å². The zero-order valence-corrected chi connectivity index (χ0v) is 11.4. The van der Waals surface area contributed by atoms with Crippen molar-refractivity contribution < 1.29 is 0 Å². The molecule has 1 unspecified atom stereocenters. The molecule has 0 aromatic carbocycles. The monoisotopic (exact) mass is 269 g/mol. The van der Waals surface area contributed by atoms with Crippen molar-refractivity contribution in [1.82, 2.24) is 15.2 Å². The fourth-order valence-corrected chi connectivity index (χ4v) is 2.66. The van der Waals surface area contributed by atoms with Crippen LogP contribution in [0, 0.1) is 5.92 Å². The van der Waals surface area contributed by atoms with Gasteiger partial charge < -0.3 is 10.6 Å². The second-order valence-electron chi connectivity index (χ2n) is 5.17. The van der Waals surface area contributed by atoms with Gasteiger partial charge in [0.05, 0.1) is 5.69 Å². The molecule has 1 atom stereocenters. The maximum atomic E-state index is 5.62. The largest absolute Gasteiger partial charge is 0.355 e. The average Bonchev–Trinajstić information content (AvgIpc) is 2.97. The molecule has 0 bridgehead atoms. The van der Waals surface area contributed by atoms with Gasteiger partial charge in [-0.1, -0.05) is 6.07 Å². The summed E-state index contributed by atoms with van der Waals surface area (Å²) in [5, 5.41) is 8.62. The van der Waals surface area contributed by atoms with E-state index in [0.29, 0.717) is 5.92 Å². The van der Waals surface area contributed by atoms with Crippen molar-refractivity contribution in [1.29, 1.82) is 0 Å². The van der Waals surface area contributed by atoms with Crippen LogP contribution >= 0.6 is 0 Å². The third kappa shape index (κ3) is 2.77. The van der Waals surface area contributed by atoms with Gasteiger partial charge in [0, 0.05) is 19.3 Å². The molecule has 3 rings (SSSR count). The summed E-state index contributed by atoms with van der Waals surface area (Å²) in [5.41, 5.74) is 7.29. The van der Waals surface area contributed by atoms with Crippen LogP contribution in [0.3, 0.4) is 0 Å². The minimum absolute atomic E-state index is 0.692. The van der Waals surface area contributed by atoms with Crippen molar-refractivity contribution in [3.63, 3.8) is 0 Å². The van der Waals surface area contributed by atoms with Gasteiger partial charge in [0.2, 0.25) is 0 Å². The molecule has 2 aromatic rings. The molecule has 1 fully saturated rings. The van der Waals surface area contributed by atoms with Gasteiger partial charge in [-0.2, -0.15) is 0 Å². The number of aromatic nitrogens is 3. The lowest BCUT2D eigenvalue weighted by Crippen LogP contribution is -2.21. The first-order valence-corrected chi connectivity index (χ1v) is 7.07. The summed E-state index contributed by atoms with van der Waals surface area (Å²) in [7, 11) is 0. The Labute approximate surface area is 118 Å². The third-order valence-corrected chi connectivity index (χ3v) is 3.76. The SMILES string of the molecule is NCCC1CCN(c2ccc(-c3ccccn3)nn2)C1. The number of rotatable bonds is 4. The maximum absolute atomic E-state index is 5.62. The molecule has 0 spiro atoms. The quantitative estimate of drug-likeness (QED) is 0.915. The Morgan fingerprint density at radius 1 is 1.15 bits per heavy atom. The predicted octanol–water partition coefficient (Wildman–Crippen LogP) is 1.71. The van der Waals surface area contributed by atoms with E-state index in [0.717, 1.165) is 43.3 Å². The van der Waals surface area contributed by atoms with Crippen LogP contribution in [0.4, 0.5) is 5.82 Å². The predicted molar refractivity (Wildman–Crippen MR) is 79.3 cm³/mol. The summed E-state index contributed by atoms with van der Waals surface area (Å²) in [4.78, 5) is 6.57. The number of hydrogen-bond donors (Lipinski definition) is 1. The lowest BCUT2D eigenvalue weighted by atomic mass is 10.1. The molecular weight excluding hydrogens is 250 g/mol. The second-order valence-corrected chi connectivity index (χ2v) is 5.17. The van der Waals surface area contributed by atoms with E-state index in [1.807, 2.05) is 30.3 Å². The molecule has 0 saturated carbocycles. The second kappa shape index (κ2) is 5.96. The van der Waals surface area contributed by atoms with Gasteiger partial charge >= 0.3 is 0 Å². The first kappa shape index (κ1) is 13.0. The van der Waals surface area contributed by atoms with Crippen molar-refractivity contribution in [3.8, 4) is 11.4 Å². The summed E-state index contributed by atoms with van der Waals surface area (Å²) >= 11 is 0. The van der Waals surface area contributed by atoms with Gasteiger partial charge in [-0.15, -0.1) is 10.2 Å². The van der Waals surface area contributed by atoms with Crippen molar-refractivity contribution in [3.05, 3.63) is 36.5 Å². The first-order valence-electron chi connectivity index (χ1n) is 7.07. The Kier molecular flexibility index (Phi) is 3.87. The van der Waals surface area contributed by atoms with Gasteiger partial charge in [0.15, 0.2) is 5.82 Å². The van der Waals surface area contributed by atoms with Crippen LogP contribution in [0.5, 0.6) is 0 Å². The summed E-state index contributed by atoms with van der Waals surface area (Å²) in [5.74, 6) is 1.64. The van der Waals surface area contributed by atoms with E-state index in [1.54, 1.807) is 6.20 Å². The average molecular weight is 269 g/mol. The van der Waals surface area contributed by atoms with Gasteiger partial charge in [0.25, 0.3) is 0 Å². The lowest BCUT2D eigenvalue weighted by Gasteiger charge is -2.16. The highest BCUT2D eigenvalue weighted by atomic mass is 15.3. The van der Waals surface area contributed by atoms with Crippen molar-refractivity contribution >= 4 is 5.82 Å². The zero-order chi connectivity index (χ0) is 13.8. The van der Waals surface area contributed by atoms with E-state index < -0.39 is 0 Å². The van der Waals surface area contributed by atoms with E-state index in [4.69, 9.17) is 5.73 Å². The molecule has 5 nitrogen and oxygen atoms in total. The van der Waals surface area contributed by atoms with Crippen LogP contribution < -0.4 is 10.6 Å². The highest BCUT2D eigenvalue weighted by molar-refractivity contribution is 5.55. The first-order chi connectivity index (χ1) is 9.86. The Morgan fingerprint density at radius 2 is 2.10 bits per heavy atom. The van der Waals surface area contributed by atoms with Crippen LogP contribution in [0.1, 0.15) is 12.8 Å². The number of pyridine rings is 1. The van der Waals surface area contributed by atoms with Crippen molar-refractivity contribution in [2.24, 2.45) is 11.7 Å². The van der Waals surface area contributed by atoms with Gasteiger partial charge in [0.1, 0.15) is 5.69 Å². The maximum Gasteiger partial charge on any atom is 0.151 e. The molecule has 5 heteroatoms. The van der Waals surface area contributed by atoms with Crippen LogP contribution in [-0.2, 0) is 0 Å². The minimum atomic E-state index is 0.692. The van der Waals surface area contributed by atoms with E-state index in [1.165, 1.54) is 6.42 Å². The van der Waals surface area contributed by atoms with E-state index in [-0.39, 0.29) is 0 Å². The topological polar surface area (TPSA) is 67.9 Å². The Morgan fingerprint density at radius 3 is 2.80 bits per heavy atom. The summed E-state index contributed by atoms with van der Waals surface area (Å²) in [6, 6.07) is 9.81. The van der Waals surface area contributed by atoms with E-state index in [2.05, 4.69) is 20.1 Å². The van der Waals surface area contributed by atoms with Crippen LogP contribution in [0.2, 0.25) is 0 Å². The summed E-state index contributed by atoms with van der Waals surface area (Å²) < 4.78 is 0. The highest BCUT2D eigenvalue weighted by Crippen LogP contribution is 2.24. The Hall–Kier alpha value is -2.01. The molecule has 1 saturated heterocycles. The van der Waals surface area contributed by atoms with Gasteiger partial charge in [-0.3, -0.25) is 4.98 Å². The minimum Gasteiger partial charge on any atom is -0.355 e. The molecule has 0 amide bonds. The molecule has 0 radical (unpaired) electrons. The summed E-state index contributed by atoms with van der Waals surface area (Å²) in [6.07, 6.45) is 4.06. The summed E-state index contributed by atoms with van der Waals surface area (Å²) in [6.45, 7) is 2.85. The third-order valence-electron chi connectivity index (χ3n) is 3.76. The lowest BCUT2D eigenvalue weighted by molar-refractivity contribution is 0.546. The fourth-order valence-electron chi connectivity index (χ4n) is 2.66. The molecule has 0 aliphatic carbocycles. The van der Waals surface area contributed by atoms with E-state index >= 15 is 0 Å². The Balaban J connectivity index is 1.71. The standard InChI is InChI=1S/C15H19N5/c16-8-6-12-7-10-20(11-12)15-5-4-14(18-19-15)13-3-1-2-9-17-13/h1-5,9,12H,6-8,10-11,16H2. The van der Waals surface area contributed by atoms with Gasteiger partial charge in [-0.25, -0.2) is 0 Å². The van der Waals surface area contributed by atoms with Gasteiger partial charge in [-0.05, 0) is 49.6 Å². The normalized spacial score (nSPS) is 18.4. The van der Waals surface area contributed by atoms with Crippen LogP contribution in [-0.4, -0.2) is 34.8 Å². The van der Waals surface area contributed by atoms with E-state index in [9.17, 15) is 0 Å². The zero-order valence-electron chi connectivity index (χ0n) is 11.4. The number of hydrogen-bond acceptors (Lipinski definition) is 5. The Bertz CT molecular complexity index is 540. The number of nitrogens with two attached hydrogens (primary N) is 1. The highest BCUT2D eigenvalue weighted by Gasteiger charge is 2.22. The molecule has 1 aliphatic rings. The molecule has 1 aliphatic heterocycles. The fraction of sp³-hybridized carbons (Fsp3) is 0.400. The smallest absolute Gasteiger partial charge is 0.151 e. The molecule has 2 N–H and O–H groups in total. The molecular formula is C15H19N5. The molecule has 20 heavy (non-hydrogen) atoms. The molecule has 2 aromatic heterocycles.